The molecule has 0 aromatic rings. The van der Waals surface area contributed by atoms with Crippen molar-refractivity contribution in [3.8, 4) is 0 Å². The van der Waals surface area contributed by atoms with Crippen LogP contribution in [0.1, 0.15) is 92.9 Å². The first-order valence-corrected chi connectivity index (χ1v) is 9.40. The third-order valence-corrected chi connectivity index (χ3v) is 1.99. The normalized spacial score (nSPS) is 8.16. The Morgan fingerprint density at radius 3 is 0.680 bits per heavy atom. The van der Waals surface area contributed by atoms with Crippen molar-refractivity contribution in [2.24, 2.45) is 0 Å². The molecule has 25 heavy (non-hydrogen) atoms. The molecule has 0 aliphatic heterocycles. The molecule has 1 N–H and O–H groups in total. The van der Waals surface area contributed by atoms with Crippen LogP contribution < -0.4 is 20.4 Å². The molecule has 0 aliphatic rings. The summed E-state index contributed by atoms with van der Waals surface area (Å²) in [6.45, 7) is 11.9. The maximum absolute atomic E-state index is 9.53. The first-order valence-electron chi connectivity index (χ1n) is 9.40. The van der Waals surface area contributed by atoms with Crippen LogP contribution in [0.2, 0.25) is 0 Å². The molecule has 0 rings (SSSR count). The van der Waals surface area contributed by atoms with Gasteiger partial charge in [-0.25, -0.2) is 0 Å². The average molecular weight is 400 g/mol. The molecular formula is C19H44O5Ti. The molecule has 0 aliphatic carbocycles. The van der Waals surface area contributed by atoms with E-state index in [4.69, 9.17) is 5.11 Å². The van der Waals surface area contributed by atoms with Gasteiger partial charge in [0.05, 0.1) is 0 Å². The molecule has 154 valence electrons. The van der Waals surface area contributed by atoms with Gasteiger partial charge in [0.1, 0.15) is 0 Å². The van der Waals surface area contributed by atoms with Gasteiger partial charge < -0.3 is 25.5 Å². The zero-order valence-corrected chi connectivity index (χ0v) is 19.2. The topological polar surface area (TPSA) is 112 Å². The van der Waals surface area contributed by atoms with Crippen molar-refractivity contribution in [1.82, 2.24) is 0 Å². The predicted molar refractivity (Wildman–Crippen MR) is 96.5 cm³/mol. The predicted octanol–water partition coefficient (Wildman–Crippen LogP) is 0.972. The van der Waals surface area contributed by atoms with Gasteiger partial charge in [0.15, 0.2) is 0 Å². The molecule has 0 aromatic heterocycles. The van der Waals surface area contributed by atoms with Crippen molar-refractivity contribution in [3.63, 3.8) is 0 Å². The van der Waals surface area contributed by atoms with Gasteiger partial charge >= 0.3 is 21.7 Å². The van der Waals surface area contributed by atoms with Crippen molar-refractivity contribution in [3.05, 3.63) is 0 Å². The number of hydrogen-bond acceptors (Lipinski definition) is 5. The smallest absolute Gasteiger partial charge is 0.854 e. The van der Waals surface area contributed by atoms with E-state index >= 15 is 0 Å². The summed E-state index contributed by atoms with van der Waals surface area (Å²) in [4.78, 5) is 0. The van der Waals surface area contributed by atoms with Crippen molar-refractivity contribution < 1.29 is 47.3 Å². The van der Waals surface area contributed by atoms with E-state index in [1.165, 1.54) is 0 Å². The van der Waals surface area contributed by atoms with Gasteiger partial charge in [-0.3, -0.25) is 0 Å². The zero-order valence-electron chi connectivity index (χ0n) is 17.6. The molecule has 0 amide bonds. The maximum Gasteiger partial charge on any atom is 4.00 e. The molecule has 0 aromatic carbocycles. The van der Waals surface area contributed by atoms with Gasteiger partial charge in [-0.1, -0.05) is 79.1 Å². The molecule has 6 heteroatoms. The summed E-state index contributed by atoms with van der Waals surface area (Å²) in [5.74, 6) is 0. The Morgan fingerprint density at radius 2 is 0.680 bits per heavy atom. The van der Waals surface area contributed by atoms with Crippen molar-refractivity contribution >= 4 is 0 Å². The Morgan fingerprint density at radius 1 is 0.560 bits per heavy atom. The molecule has 0 radical (unpaired) electrons. The van der Waals surface area contributed by atoms with E-state index in [9.17, 15) is 20.4 Å². The summed E-state index contributed by atoms with van der Waals surface area (Å²) in [7, 11) is 0. The second kappa shape index (κ2) is 56.3. The second-order valence-electron chi connectivity index (χ2n) is 5.32. The van der Waals surface area contributed by atoms with Crippen molar-refractivity contribution in [1.29, 1.82) is 0 Å². The number of unbranched alkanes of at least 4 members (excludes halogenated alkanes) is 4. The average Bonchev–Trinajstić information content (AvgIpc) is 2.52. The Labute approximate surface area is 172 Å². The fourth-order valence-corrected chi connectivity index (χ4v) is 0.577. The first kappa shape index (κ1) is 40.3. The van der Waals surface area contributed by atoms with E-state index in [1.807, 2.05) is 27.7 Å². The fraction of sp³-hybridized carbons (Fsp3) is 1.00. The van der Waals surface area contributed by atoms with E-state index in [0.717, 1.165) is 51.4 Å². The van der Waals surface area contributed by atoms with E-state index in [0.29, 0.717) is 0 Å². The molecule has 0 spiro atoms. The minimum Gasteiger partial charge on any atom is -0.854 e. The van der Waals surface area contributed by atoms with Crippen LogP contribution in [0.15, 0.2) is 0 Å². The first-order chi connectivity index (χ1) is 11.4. The monoisotopic (exact) mass is 400 g/mol. The van der Waals surface area contributed by atoms with Crippen LogP contribution in [0.5, 0.6) is 0 Å². The number of aliphatic hydroxyl groups is 1. The Hall–Kier alpha value is 0.514. The fourth-order valence-electron chi connectivity index (χ4n) is 0.577. The van der Waals surface area contributed by atoms with Gasteiger partial charge in [0.2, 0.25) is 0 Å². The number of aliphatic hydroxyl groups excluding tert-OH is 1. The molecule has 0 fully saturated rings. The number of hydrogen-bond donors (Lipinski definition) is 1. The van der Waals surface area contributed by atoms with Crippen molar-refractivity contribution in [2.45, 2.75) is 99.0 Å². The van der Waals surface area contributed by atoms with Gasteiger partial charge in [0, 0.05) is 6.10 Å². The van der Waals surface area contributed by atoms with Crippen LogP contribution in [-0.2, 0) is 21.7 Å². The van der Waals surface area contributed by atoms with Gasteiger partial charge in [0.25, 0.3) is 0 Å². The molecule has 0 unspecified atom stereocenters. The molecule has 0 heterocycles. The van der Waals surface area contributed by atoms with Crippen LogP contribution in [-0.4, -0.2) is 37.6 Å². The molecule has 0 atom stereocenters. The molecule has 0 saturated heterocycles. The third kappa shape index (κ3) is 171. The van der Waals surface area contributed by atoms with Crippen LogP contribution >= 0.6 is 0 Å². The summed E-state index contributed by atoms with van der Waals surface area (Å²) >= 11 is 0. The van der Waals surface area contributed by atoms with Crippen molar-refractivity contribution in [2.75, 3.05) is 26.4 Å². The van der Waals surface area contributed by atoms with Crippen LogP contribution in [0.3, 0.4) is 0 Å². The summed E-state index contributed by atoms with van der Waals surface area (Å²) < 4.78 is 0. The molecular weight excluding hydrogens is 356 g/mol. The molecule has 0 saturated carbocycles. The van der Waals surface area contributed by atoms with Gasteiger partial charge in [-0.2, -0.15) is 0 Å². The summed E-state index contributed by atoms with van der Waals surface area (Å²) in [6.07, 6.45) is 7.29. The number of rotatable bonds is 8. The van der Waals surface area contributed by atoms with E-state index in [2.05, 4.69) is 0 Å². The van der Waals surface area contributed by atoms with Crippen LogP contribution in [0.25, 0.3) is 0 Å². The van der Waals surface area contributed by atoms with Crippen LogP contribution in [0, 0.1) is 0 Å². The standard InChI is InChI=1S/4C4H9O.C3H8O.Ti/c4*1-2-3-4-5;1-3(2)4;/h4*2-4H2,1H3;3-4H,1-2H3;/q4*-1;;+4. The summed E-state index contributed by atoms with van der Waals surface area (Å²) in [5, 5.41) is 46.2. The Kier molecular flexibility index (Phi) is 90.7. The van der Waals surface area contributed by atoms with E-state index < -0.39 is 0 Å². The third-order valence-electron chi connectivity index (χ3n) is 1.99. The second-order valence-corrected chi connectivity index (χ2v) is 5.32. The van der Waals surface area contributed by atoms with Crippen LogP contribution in [0.4, 0.5) is 0 Å². The van der Waals surface area contributed by atoms with Gasteiger partial charge in [-0.15, -0.1) is 26.4 Å². The van der Waals surface area contributed by atoms with E-state index in [-0.39, 0.29) is 54.2 Å². The zero-order chi connectivity index (χ0) is 20.1. The molecule has 5 nitrogen and oxygen atoms in total. The minimum atomic E-state index is -0.167. The summed E-state index contributed by atoms with van der Waals surface area (Å²) in [5.41, 5.74) is 0. The minimum absolute atomic E-state index is 0. The Bertz CT molecular complexity index is 104. The molecule has 0 bridgehead atoms. The summed E-state index contributed by atoms with van der Waals surface area (Å²) in [6, 6.07) is 0. The Balaban J connectivity index is -0.0000000448. The van der Waals surface area contributed by atoms with Gasteiger partial charge in [-0.05, 0) is 13.8 Å². The quantitative estimate of drug-likeness (QED) is 0.610. The maximum atomic E-state index is 9.53. The van der Waals surface area contributed by atoms with E-state index in [1.54, 1.807) is 13.8 Å². The SMILES string of the molecule is CC(C)O.CCCC[O-].CCCC[O-].CCCC[O-].CCCC[O-].[Ti+4]. The largest absolute Gasteiger partial charge is 4.00 e.